The maximum absolute atomic E-state index is 8.71. The summed E-state index contributed by atoms with van der Waals surface area (Å²) in [5, 5.41) is 15.3. The Morgan fingerprint density at radius 3 is 2.28 bits per heavy atom. The van der Waals surface area contributed by atoms with Crippen LogP contribution in [-0.4, -0.2) is 34.8 Å². The number of unbranched alkanes of at least 4 members (excludes halogenated alkanes) is 2. The topological polar surface area (TPSA) is 70.1 Å². The lowest BCUT2D eigenvalue weighted by molar-refractivity contribution is 0.283. The summed E-state index contributed by atoms with van der Waals surface area (Å²) in [5.74, 6) is 2.58. The second-order valence-electron chi connectivity index (χ2n) is 4.33. The fraction of sp³-hybridized carbons (Fsp3) is 0.692. The van der Waals surface area contributed by atoms with Gasteiger partial charge in [-0.05, 0) is 40.0 Å². The molecular formula is C13H24N4O. The first-order chi connectivity index (χ1) is 8.69. The number of anilines is 2. The lowest BCUT2D eigenvalue weighted by Gasteiger charge is -2.13. The lowest BCUT2D eigenvalue weighted by atomic mass is 10.2. The van der Waals surface area contributed by atoms with Crippen LogP contribution in [0.1, 0.15) is 37.6 Å². The summed E-state index contributed by atoms with van der Waals surface area (Å²) in [6.45, 7) is 7.98. The van der Waals surface area contributed by atoms with Crippen LogP contribution in [0.5, 0.6) is 0 Å². The normalized spacial score (nSPS) is 10.4. The average Bonchev–Trinajstić information content (AvgIpc) is 2.34. The molecule has 0 saturated carbocycles. The van der Waals surface area contributed by atoms with E-state index in [-0.39, 0.29) is 6.61 Å². The molecule has 0 fully saturated rings. The molecule has 0 aliphatic rings. The number of aliphatic hydroxyl groups excluding tert-OH is 1. The number of aromatic nitrogens is 2. The molecule has 1 heterocycles. The van der Waals surface area contributed by atoms with Crippen LogP contribution in [0.3, 0.4) is 0 Å². The molecule has 1 aromatic heterocycles. The minimum absolute atomic E-state index is 0.274. The zero-order valence-electron chi connectivity index (χ0n) is 11.6. The van der Waals surface area contributed by atoms with Gasteiger partial charge < -0.3 is 15.7 Å². The lowest BCUT2D eigenvalue weighted by Crippen LogP contribution is -2.10. The van der Waals surface area contributed by atoms with Crippen molar-refractivity contribution in [2.45, 2.75) is 40.0 Å². The molecule has 0 amide bonds. The first kappa shape index (κ1) is 14.7. The summed E-state index contributed by atoms with van der Waals surface area (Å²) in [7, 11) is 0. The number of aryl methyl sites for hydroxylation is 1. The second-order valence-corrected chi connectivity index (χ2v) is 4.33. The summed E-state index contributed by atoms with van der Waals surface area (Å²) < 4.78 is 0. The van der Waals surface area contributed by atoms with Gasteiger partial charge in [-0.3, -0.25) is 0 Å². The van der Waals surface area contributed by atoms with Gasteiger partial charge in [-0.2, -0.15) is 0 Å². The molecular weight excluding hydrogens is 228 g/mol. The smallest absolute Gasteiger partial charge is 0.134 e. The van der Waals surface area contributed by atoms with Crippen molar-refractivity contribution in [2.75, 3.05) is 30.3 Å². The Morgan fingerprint density at radius 1 is 1.00 bits per heavy atom. The first-order valence-electron chi connectivity index (χ1n) is 6.62. The Hall–Kier alpha value is -1.36. The molecule has 5 nitrogen and oxygen atoms in total. The Bertz CT molecular complexity index is 368. The number of hydrogen-bond acceptors (Lipinski definition) is 5. The van der Waals surface area contributed by atoms with Crippen molar-refractivity contribution in [3.8, 4) is 0 Å². The highest BCUT2D eigenvalue weighted by Crippen LogP contribution is 2.19. The third kappa shape index (κ3) is 4.49. The molecule has 0 atom stereocenters. The van der Waals surface area contributed by atoms with Gasteiger partial charge in [0.15, 0.2) is 0 Å². The van der Waals surface area contributed by atoms with Crippen LogP contribution in [-0.2, 0) is 0 Å². The molecule has 0 saturated heterocycles. The van der Waals surface area contributed by atoms with E-state index in [2.05, 4.69) is 27.5 Å². The van der Waals surface area contributed by atoms with Crippen LogP contribution in [0.2, 0.25) is 0 Å². The van der Waals surface area contributed by atoms with E-state index < -0.39 is 0 Å². The second kappa shape index (κ2) is 7.87. The van der Waals surface area contributed by atoms with E-state index in [1.165, 1.54) is 0 Å². The van der Waals surface area contributed by atoms with E-state index in [1.54, 1.807) is 0 Å². The summed E-state index contributed by atoms with van der Waals surface area (Å²) >= 11 is 0. The molecule has 0 radical (unpaired) electrons. The largest absolute Gasteiger partial charge is 0.396 e. The zero-order chi connectivity index (χ0) is 13.4. The van der Waals surface area contributed by atoms with Crippen molar-refractivity contribution >= 4 is 11.6 Å². The van der Waals surface area contributed by atoms with Crippen LogP contribution in [0.15, 0.2) is 0 Å². The zero-order valence-corrected chi connectivity index (χ0v) is 11.6. The third-order valence-electron chi connectivity index (χ3n) is 2.73. The van der Waals surface area contributed by atoms with Crippen LogP contribution < -0.4 is 10.6 Å². The van der Waals surface area contributed by atoms with Crippen molar-refractivity contribution < 1.29 is 5.11 Å². The van der Waals surface area contributed by atoms with Crippen molar-refractivity contribution in [1.29, 1.82) is 0 Å². The Morgan fingerprint density at radius 2 is 1.67 bits per heavy atom. The summed E-state index contributed by atoms with van der Waals surface area (Å²) in [6, 6.07) is 0. The SMILES string of the molecule is CCNc1nc(C)nc(NCCCCCO)c1C. The molecule has 18 heavy (non-hydrogen) atoms. The molecule has 0 unspecified atom stereocenters. The van der Waals surface area contributed by atoms with Crippen molar-refractivity contribution in [3.63, 3.8) is 0 Å². The van der Waals surface area contributed by atoms with E-state index in [9.17, 15) is 0 Å². The monoisotopic (exact) mass is 252 g/mol. The molecule has 0 aliphatic carbocycles. The van der Waals surface area contributed by atoms with Gasteiger partial charge in [0, 0.05) is 25.3 Å². The van der Waals surface area contributed by atoms with Gasteiger partial charge in [0.1, 0.15) is 17.5 Å². The maximum Gasteiger partial charge on any atom is 0.134 e. The van der Waals surface area contributed by atoms with Gasteiger partial charge in [-0.25, -0.2) is 9.97 Å². The summed E-state index contributed by atoms with van der Waals surface area (Å²) in [6.07, 6.45) is 2.94. The van der Waals surface area contributed by atoms with Gasteiger partial charge in [-0.15, -0.1) is 0 Å². The maximum atomic E-state index is 8.71. The predicted molar refractivity (Wildman–Crippen MR) is 75.1 cm³/mol. The highest BCUT2D eigenvalue weighted by molar-refractivity contribution is 5.57. The van der Waals surface area contributed by atoms with E-state index in [0.717, 1.165) is 55.4 Å². The van der Waals surface area contributed by atoms with Crippen LogP contribution >= 0.6 is 0 Å². The fourth-order valence-electron chi connectivity index (χ4n) is 1.76. The molecule has 0 bridgehead atoms. The fourth-order valence-corrected chi connectivity index (χ4v) is 1.76. The molecule has 5 heteroatoms. The van der Waals surface area contributed by atoms with Crippen molar-refractivity contribution in [1.82, 2.24) is 9.97 Å². The third-order valence-corrected chi connectivity index (χ3v) is 2.73. The average molecular weight is 252 g/mol. The number of hydrogen-bond donors (Lipinski definition) is 3. The molecule has 0 spiro atoms. The van der Waals surface area contributed by atoms with E-state index >= 15 is 0 Å². The van der Waals surface area contributed by atoms with Crippen molar-refractivity contribution in [2.24, 2.45) is 0 Å². The van der Waals surface area contributed by atoms with E-state index in [4.69, 9.17) is 5.11 Å². The number of aliphatic hydroxyl groups is 1. The Balaban J connectivity index is 2.58. The van der Waals surface area contributed by atoms with Gasteiger partial charge >= 0.3 is 0 Å². The summed E-state index contributed by atoms with van der Waals surface area (Å²) in [5.41, 5.74) is 1.06. The number of nitrogens with one attached hydrogen (secondary N) is 2. The molecule has 1 aromatic rings. The van der Waals surface area contributed by atoms with Gasteiger partial charge in [-0.1, -0.05) is 0 Å². The van der Waals surface area contributed by atoms with Crippen molar-refractivity contribution in [3.05, 3.63) is 11.4 Å². The molecule has 0 aromatic carbocycles. The highest BCUT2D eigenvalue weighted by Gasteiger charge is 2.07. The molecule has 0 aliphatic heterocycles. The van der Waals surface area contributed by atoms with Gasteiger partial charge in [0.2, 0.25) is 0 Å². The standard InChI is InChI=1S/C13H24N4O/c1-4-14-12-10(2)13(17-11(3)16-12)15-8-6-5-7-9-18/h18H,4-9H2,1-3H3,(H2,14,15,16,17). The summed E-state index contributed by atoms with van der Waals surface area (Å²) in [4.78, 5) is 8.81. The van der Waals surface area contributed by atoms with Crippen LogP contribution in [0.25, 0.3) is 0 Å². The molecule has 3 N–H and O–H groups in total. The predicted octanol–water partition coefficient (Wildman–Crippen LogP) is 2.10. The Labute approximate surface area is 109 Å². The number of nitrogens with zero attached hydrogens (tertiary/aromatic N) is 2. The first-order valence-corrected chi connectivity index (χ1v) is 6.62. The minimum Gasteiger partial charge on any atom is -0.396 e. The minimum atomic E-state index is 0.274. The van der Waals surface area contributed by atoms with E-state index in [1.807, 2.05) is 13.8 Å². The molecule has 1 rings (SSSR count). The number of rotatable bonds is 8. The van der Waals surface area contributed by atoms with Gasteiger partial charge in [0.05, 0.1) is 0 Å². The highest BCUT2D eigenvalue weighted by atomic mass is 16.2. The van der Waals surface area contributed by atoms with E-state index in [0.29, 0.717) is 0 Å². The van der Waals surface area contributed by atoms with Crippen LogP contribution in [0.4, 0.5) is 11.6 Å². The van der Waals surface area contributed by atoms with Crippen LogP contribution in [0, 0.1) is 13.8 Å². The quantitative estimate of drug-likeness (QED) is 0.618. The van der Waals surface area contributed by atoms with Gasteiger partial charge in [0.25, 0.3) is 0 Å². The molecule has 102 valence electrons. The Kier molecular flexibility index (Phi) is 6.43.